The van der Waals surface area contributed by atoms with E-state index in [1.165, 1.54) is 0 Å². The van der Waals surface area contributed by atoms with Gasteiger partial charge >= 0.3 is 0 Å². The lowest BCUT2D eigenvalue weighted by Gasteiger charge is -2.05. The minimum atomic E-state index is 0.152. The van der Waals surface area contributed by atoms with Gasteiger partial charge in [0.25, 0.3) is 0 Å². The van der Waals surface area contributed by atoms with Gasteiger partial charge in [0.2, 0.25) is 5.28 Å². The Balaban J connectivity index is 1.72. The van der Waals surface area contributed by atoms with E-state index in [9.17, 15) is 0 Å². The van der Waals surface area contributed by atoms with Crippen molar-refractivity contribution in [3.05, 3.63) is 30.2 Å². The molecular formula is C9H11ClN6. The third-order valence-electron chi connectivity index (χ3n) is 1.99. The normalized spacial score (nSPS) is 10.3. The van der Waals surface area contributed by atoms with Crippen LogP contribution in [0.4, 0.5) is 5.82 Å². The number of rotatable bonds is 5. The summed E-state index contributed by atoms with van der Waals surface area (Å²) >= 11 is 5.60. The summed E-state index contributed by atoms with van der Waals surface area (Å²) in [5, 5.41) is 10.5. The van der Waals surface area contributed by atoms with Crippen LogP contribution in [0.1, 0.15) is 6.42 Å². The maximum Gasteiger partial charge on any atom is 0.244 e. The summed E-state index contributed by atoms with van der Waals surface area (Å²) in [6, 6.07) is 0. The highest BCUT2D eigenvalue weighted by molar-refractivity contribution is 6.28. The van der Waals surface area contributed by atoms with E-state index in [0.717, 1.165) is 19.5 Å². The predicted octanol–water partition coefficient (Wildman–Crippen LogP) is 1.22. The lowest BCUT2D eigenvalue weighted by molar-refractivity contribution is 0.659. The van der Waals surface area contributed by atoms with Crippen molar-refractivity contribution in [3.63, 3.8) is 0 Å². The molecule has 0 atom stereocenters. The number of aryl methyl sites for hydroxylation is 1. The molecule has 84 valence electrons. The minimum Gasteiger partial charge on any atom is -0.369 e. The number of nitrogens with one attached hydrogen (secondary N) is 1. The molecule has 0 fully saturated rings. The van der Waals surface area contributed by atoms with Crippen molar-refractivity contribution in [2.45, 2.75) is 13.0 Å². The molecule has 1 N–H and O–H groups in total. The summed E-state index contributed by atoms with van der Waals surface area (Å²) in [6.45, 7) is 1.71. The minimum absolute atomic E-state index is 0.152. The van der Waals surface area contributed by atoms with Gasteiger partial charge in [-0.25, -0.2) is 4.98 Å². The molecule has 0 saturated carbocycles. The third-order valence-corrected chi connectivity index (χ3v) is 2.15. The summed E-state index contributed by atoms with van der Waals surface area (Å²) in [5.74, 6) is 0.644. The average Bonchev–Trinajstić information content (AvgIpc) is 2.77. The second-order valence-corrected chi connectivity index (χ2v) is 3.53. The van der Waals surface area contributed by atoms with Crippen LogP contribution in [0, 0.1) is 0 Å². The average molecular weight is 239 g/mol. The van der Waals surface area contributed by atoms with E-state index in [0.29, 0.717) is 5.82 Å². The molecule has 7 heteroatoms. The Labute approximate surface area is 97.7 Å². The lowest BCUT2D eigenvalue weighted by Crippen LogP contribution is -2.07. The predicted molar refractivity (Wildman–Crippen MR) is 60.2 cm³/mol. The van der Waals surface area contributed by atoms with Crippen LogP contribution in [0.5, 0.6) is 0 Å². The highest BCUT2D eigenvalue weighted by Gasteiger charge is 1.96. The molecule has 0 aliphatic carbocycles. The Hall–Kier alpha value is -1.69. The van der Waals surface area contributed by atoms with Crippen LogP contribution in [0.2, 0.25) is 5.28 Å². The van der Waals surface area contributed by atoms with Crippen molar-refractivity contribution in [3.8, 4) is 0 Å². The molecule has 0 aromatic carbocycles. The SMILES string of the molecule is Clc1nncc(NCCCn2ccnc2)n1. The third kappa shape index (κ3) is 3.16. The molecule has 0 aliphatic heterocycles. The van der Waals surface area contributed by atoms with Crippen molar-refractivity contribution >= 4 is 17.4 Å². The van der Waals surface area contributed by atoms with Crippen LogP contribution in [0.3, 0.4) is 0 Å². The first-order valence-corrected chi connectivity index (χ1v) is 5.27. The zero-order chi connectivity index (χ0) is 11.2. The lowest BCUT2D eigenvalue weighted by atomic mass is 10.4. The molecule has 0 radical (unpaired) electrons. The largest absolute Gasteiger partial charge is 0.369 e. The number of anilines is 1. The Kier molecular flexibility index (Phi) is 3.66. The molecule has 0 aliphatic rings. The molecule has 2 aromatic heterocycles. The molecule has 0 saturated heterocycles. The number of aromatic nitrogens is 5. The van der Waals surface area contributed by atoms with Crippen LogP contribution in [-0.4, -0.2) is 31.3 Å². The highest BCUT2D eigenvalue weighted by Crippen LogP contribution is 2.03. The zero-order valence-electron chi connectivity index (χ0n) is 8.54. The smallest absolute Gasteiger partial charge is 0.244 e. The number of hydrogen-bond acceptors (Lipinski definition) is 5. The molecule has 2 heterocycles. The fourth-order valence-corrected chi connectivity index (χ4v) is 1.40. The van der Waals surface area contributed by atoms with Gasteiger partial charge in [-0.3, -0.25) is 0 Å². The highest BCUT2D eigenvalue weighted by atomic mass is 35.5. The Morgan fingerprint density at radius 2 is 2.38 bits per heavy atom. The Morgan fingerprint density at radius 3 is 3.12 bits per heavy atom. The number of hydrogen-bond donors (Lipinski definition) is 1. The summed E-state index contributed by atoms with van der Waals surface area (Å²) in [6.07, 6.45) is 8.01. The first-order valence-electron chi connectivity index (χ1n) is 4.89. The molecule has 6 nitrogen and oxygen atoms in total. The van der Waals surface area contributed by atoms with E-state index in [2.05, 4.69) is 25.5 Å². The standard InChI is InChI=1S/C9H11ClN6/c10-9-14-8(6-13-15-9)12-2-1-4-16-5-3-11-7-16/h3,5-7H,1-2,4H2,(H,12,14,15). The topological polar surface area (TPSA) is 68.5 Å². The van der Waals surface area contributed by atoms with Crippen molar-refractivity contribution in [2.75, 3.05) is 11.9 Å². The van der Waals surface area contributed by atoms with Gasteiger partial charge in [0.05, 0.1) is 12.5 Å². The molecule has 0 bridgehead atoms. The monoisotopic (exact) mass is 238 g/mol. The summed E-state index contributed by atoms with van der Waals surface area (Å²) in [7, 11) is 0. The molecule has 2 rings (SSSR count). The van der Waals surface area contributed by atoms with E-state index in [1.54, 1.807) is 18.7 Å². The maximum absolute atomic E-state index is 5.60. The number of nitrogens with zero attached hydrogens (tertiary/aromatic N) is 5. The summed E-state index contributed by atoms with van der Waals surface area (Å²) < 4.78 is 2.02. The first-order chi connectivity index (χ1) is 7.84. The van der Waals surface area contributed by atoms with Crippen LogP contribution in [0.15, 0.2) is 24.9 Å². The van der Waals surface area contributed by atoms with Gasteiger partial charge in [0.15, 0.2) is 0 Å². The van der Waals surface area contributed by atoms with Crippen LogP contribution >= 0.6 is 11.6 Å². The maximum atomic E-state index is 5.60. The van der Waals surface area contributed by atoms with E-state index in [4.69, 9.17) is 11.6 Å². The quantitative estimate of drug-likeness (QED) is 0.794. The van der Waals surface area contributed by atoms with Crippen molar-refractivity contribution < 1.29 is 0 Å². The van der Waals surface area contributed by atoms with Crippen LogP contribution in [-0.2, 0) is 6.54 Å². The van der Waals surface area contributed by atoms with E-state index < -0.39 is 0 Å². The Morgan fingerprint density at radius 1 is 1.44 bits per heavy atom. The van der Waals surface area contributed by atoms with Gasteiger partial charge in [-0.05, 0) is 18.0 Å². The molecule has 16 heavy (non-hydrogen) atoms. The second kappa shape index (κ2) is 5.41. The fourth-order valence-electron chi connectivity index (χ4n) is 1.26. The second-order valence-electron chi connectivity index (χ2n) is 3.19. The zero-order valence-corrected chi connectivity index (χ0v) is 9.30. The van der Waals surface area contributed by atoms with Gasteiger partial charge in [0, 0.05) is 25.5 Å². The molecule has 2 aromatic rings. The van der Waals surface area contributed by atoms with Gasteiger partial charge < -0.3 is 9.88 Å². The van der Waals surface area contributed by atoms with E-state index in [-0.39, 0.29) is 5.28 Å². The van der Waals surface area contributed by atoms with Crippen LogP contribution in [0.25, 0.3) is 0 Å². The number of imidazole rings is 1. The molecule has 0 spiro atoms. The van der Waals surface area contributed by atoms with Crippen molar-refractivity contribution in [1.29, 1.82) is 0 Å². The molecule has 0 amide bonds. The first kappa shape index (κ1) is 10.8. The summed E-state index contributed by atoms with van der Waals surface area (Å²) in [5.41, 5.74) is 0. The van der Waals surface area contributed by atoms with Gasteiger partial charge in [-0.1, -0.05) is 0 Å². The summed E-state index contributed by atoms with van der Waals surface area (Å²) in [4.78, 5) is 7.93. The van der Waals surface area contributed by atoms with E-state index >= 15 is 0 Å². The van der Waals surface area contributed by atoms with Gasteiger partial charge in [-0.2, -0.15) is 10.1 Å². The molecule has 0 unspecified atom stereocenters. The van der Waals surface area contributed by atoms with E-state index in [1.807, 2.05) is 10.8 Å². The Bertz CT molecular complexity index is 429. The van der Waals surface area contributed by atoms with Crippen LogP contribution < -0.4 is 5.32 Å². The van der Waals surface area contributed by atoms with Crippen molar-refractivity contribution in [2.24, 2.45) is 0 Å². The van der Waals surface area contributed by atoms with Gasteiger partial charge in [-0.15, -0.1) is 5.10 Å². The molecular weight excluding hydrogens is 228 g/mol. The fraction of sp³-hybridized carbons (Fsp3) is 0.333. The number of halogens is 1. The van der Waals surface area contributed by atoms with Gasteiger partial charge in [0.1, 0.15) is 5.82 Å². The van der Waals surface area contributed by atoms with Crippen molar-refractivity contribution in [1.82, 2.24) is 24.7 Å².